The third-order valence-electron chi connectivity index (χ3n) is 12.4. The second kappa shape index (κ2) is 60.4. The number of carbonyl (C=O) groups is 3. The van der Waals surface area contributed by atoms with E-state index in [0.29, 0.717) is 19.3 Å². The standard InChI is InChI=1S/C67H110O6/c1-4-7-10-13-16-19-22-25-28-31-33-36-39-42-45-48-51-54-57-60-66(69)72-63-64(62-71-65(68)59-56-53-50-47-44-41-38-35-30-27-24-21-18-15-12-9-6-3)73-67(70)61-58-55-52-49-46-43-40-37-34-32-29-26-23-20-17-14-11-8-5-2/h9,12,17-18,20-21,25-30,34,37-38,41,43,46,52,55,64H,4-8,10-11,13-16,19,22-24,31-33,35-36,39-40,42,44-45,47-51,53-54,56-63H2,1-3H3/b12-9-,20-17-,21-18-,28-25-,29-26-,30-27-,37-34-,41-38-,46-43-,55-52-/t64-/m1/s1. The van der Waals surface area contributed by atoms with Crippen molar-refractivity contribution >= 4 is 17.9 Å². The number of ether oxygens (including phenoxy) is 3. The van der Waals surface area contributed by atoms with Gasteiger partial charge >= 0.3 is 17.9 Å². The van der Waals surface area contributed by atoms with Gasteiger partial charge in [-0.15, -0.1) is 0 Å². The van der Waals surface area contributed by atoms with Gasteiger partial charge in [0.1, 0.15) is 13.2 Å². The minimum atomic E-state index is -0.833. The Bertz CT molecular complexity index is 1540. The van der Waals surface area contributed by atoms with E-state index >= 15 is 0 Å². The van der Waals surface area contributed by atoms with Crippen LogP contribution in [0.1, 0.15) is 265 Å². The van der Waals surface area contributed by atoms with Crippen molar-refractivity contribution in [3.05, 3.63) is 122 Å². The molecule has 0 spiro atoms. The van der Waals surface area contributed by atoms with Crippen molar-refractivity contribution in [2.45, 2.75) is 271 Å². The van der Waals surface area contributed by atoms with Crippen LogP contribution in [0.4, 0.5) is 0 Å². The molecule has 0 N–H and O–H groups in total. The first-order valence-corrected chi connectivity index (χ1v) is 30.0. The molecule has 0 aromatic carbocycles. The van der Waals surface area contributed by atoms with E-state index in [9.17, 15) is 14.4 Å². The SMILES string of the molecule is CC/C=C\C/C=C\C/C=C\C/C=C\CCCCCCC(=O)OC[C@H](COC(=O)CCCCCCCCCCC/C=C\CCCCCCCC)OC(=O)CC/C=C\C/C=C\C/C=C\C/C=C\C/C=C\CCCCC. The smallest absolute Gasteiger partial charge is 0.306 e. The van der Waals surface area contributed by atoms with Crippen LogP contribution in [0.2, 0.25) is 0 Å². The molecule has 6 nitrogen and oxygen atoms in total. The average molecular weight is 1010 g/mol. The van der Waals surface area contributed by atoms with Gasteiger partial charge in [0.15, 0.2) is 6.10 Å². The molecule has 0 amide bonds. The van der Waals surface area contributed by atoms with E-state index in [-0.39, 0.29) is 31.6 Å². The summed E-state index contributed by atoms with van der Waals surface area (Å²) in [4.78, 5) is 38.2. The maximum absolute atomic E-state index is 12.8. The lowest BCUT2D eigenvalue weighted by molar-refractivity contribution is -0.166. The maximum Gasteiger partial charge on any atom is 0.306 e. The predicted octanol–water partition coefficient (Wildman–Crippen LogP) is 20.4. The fourth-order valence-electron chi connectivity index (χ4n) is 7.94. The summed E-state index contributed by atoms with van der Waals surface area (Å²) >= 11 is 0. The first kappa shape index (κ1) is 68.8. The highest BCUT2D eigenvalue weighted by molar-refractivity contribution is 5.71. The van der Waals surface area contributed by atoms with Crippen LogP contribution in [0, 0.1) is 0 Å². The van der Waals surface area contributed by atoms with Crippen molar-refractivity contribution in [1.29, 1.82) is 0 Å². The molecule has 0 heterocycles. The monoisotopic (exact) mass is 1010 g/mol. The summed E-state index contributed by atoms with van der Waals surface area (Å²) in [7, 11) is 0. The zero-order valence-electron chi connectivity index (χ0n) is 47.4. The largest absolute Gasteiger partial charge is 0.462 e. The van der Waals surface area contributed by atoms with Crippen LogP contribution < -0.4 is 0 Å². The highest BCUT2D eigenvalue weighted by Gasteiger charge is 2.19. The van der Waals surface area contributed by atoms with E-state index in [0.717, 1.165) is 103 Å². The second-order valence-corrected chi connectivity index (χ2v) is 19.5. The summed E-state index contributed by atoms with van der Waals surface area (Å²) < 4.78 is 16.8. The van der Waals surface area contributed by atoms with E-state index < -0.39 is 12.1 Å². The van der Waals surface area contributed by atoms with E-state index in [1.54, 1.807) is 0 Å². The van der Waals surface area contributed by atoms with Gasteiger partial charge in [0.25, 0.3) is 0 Å². The van der Waals surface area contributed by atoms with Gasteiger partial charge in [0, 0.05) is 19.3 Å². The Kier molecular flexibility index (Phi) is 56.9. The molecule has 6 heteroatoms. The summed E-state index contributed by atoms with van der Waals surface area (Å²) in [5.41, 5.74) is 0. The quantitative estimate of drug-likeness (QED) is 0.0261. The molecule has 0 bridgehead atoms. The van der Waals surface area contributed by atoms with E-state index in [4.69, 9.17) is 14.2 Å². The molecule has 0 fully saturated rings. The summed E-state index contributed by atoms with van der Waals surface area (Å²) in [5, 5.41) is 0. The Morgan fingerprint density at radius 3 is 0.932 bits per heavy atom. The van der Waals surface area contributed by atoms with E-state index in [1.807, 2.05) is 6.08 Å². The maximum atomic E-state index is 12.8. The van der Waals surface area contributed by atoms with Gasteiger partial charge in [-0.05, 0) is 122 Å². The van der Waals surface area contributed by atoms with Crippen LogP contribution in [0.3, 0.4) is 0 Å². The summed E-state index contributed by atoms with van der Waals surface area (Å²) in [6, 6.07) is 0. The van der Waals surface area contributed by atoms with Gasteiger partial charge in [-0.25, -0.2) is 0 Å². The van der Waals surface area contributed by atoms with E-state index in [2.05, 4.69) is 136 Å². The lowest BCUT2D eigenvalue weighted by Crippen LogP contribution is -2.30. The molecule has 73 heavy (non-hydrogen) atoms. The molecule has 0 aliphatic rings. The highest BCUT2D eigenvalue weighted by Crippen LogP contribution is 2.14. The normalized spacial score (nSPS) is 13.0. The lowest BCUT2D eigenvalue weighted by atomic mass is 10.1. The van der Waals surface area contributed by atoms with Crippen LogP contribution in [0.15, 0.2) is 122 Å². The zero-order chi connectivity index (χ0) is 52.9. The van der Waals surface area contributed by atoms with Crippen molar-refractivity contribution in [2.24, 2.45) is 0 Å². The fourth-order valence-corrected chi connectivity index (χ4v) is 7.94. The van der Waals surface area contributed by atoms with Gasteiger partial charge in [-0.1, -0.05) is 245 Å². The number of hydrogen-bond donors (Lipinski definition) is 0. The minimum absolute atomic E-state index is 0.119. The first-order valence-electron chi connectivity index (χ1n) is 30.0. The molecule has 0 aliphatic heterocycles. The lowest BCUT2D eigenvalue weighted by Gasteiger charge is -2.18. The fraction of sp³-hybridized carbons (Fsp3) is 0.657. The summed E-state index contributed by atoms with van der Waals surface area (Å²) in [6.45, 7) is 6.42. The topological polar surface area (TPSA) is 78.9 Å². The van der Waals surface area contributed by atoms with Crippen molar-refractivity contribution < 1.29 is 28.6 Å². The van der Waals surface area contributed by atoms with Gasteiger partial charge in [0.2, 0.25) is 0 Å². The van der Waals surface area contributed by atoms with Gasteiger partial charge in [-0.3, -0.25) is 14.4 Å². The minimum Gasteiger partial charge on any atom is -0.462 e. The molecule has 0 saturated carbocycles. The van der Waals surface area contributed by atoms with Gasteiger partial charge in [0.05, 0.1) is 0 Å². The molecule has 0 aliphatic carbocycles. The predicted molar refractivity (Wildman–Crippen MR) is 316 cm³/mol. The molecule has 1 atom stereocenters. The number of rotatable bonds is 53. The third-order valence-corrected chi connectivity index (χ3v) is 12.4. The van der Waals surface area contributed by atoms with Crippen LogP contribution in [0.5, 0.6) is 0 Å². The molecular formula is C67H110O6. The Hall–Kier alpha value is -4.19. The zero-order valence-corrected chi connectivity index (χ0v) is 47.4. The van der Waals surface area contributed by atoms with Crippen molar-refractivity contribution in [3.8, 4) is 0 Å². The van der Waals surface area contributed by atoms with Crippen molar-refractivity contribution in [2.75, 3.05) is 13.2 Å². The number of carbonyl (C=O) groups excluding carboxylic acids is 3. The molecule has 0 rings (SSSR count). The van der Waals surface area contributed by atoms with Crippen molar-refractivity contribution in [3.63, 3.8) is 0 Å². The van der Waals surface area contributed by atoms with Gasteiger partial charge in [-0.2, -0.15) is 0 Å². The molecule has 0 saturated heterocycles. The number of hydrogen-bond acceptors (Lipinski definition) is 6. The summed E-state index contributed by atoms with van der Waals surface area (Å²) in [6.07, 6.45) is 83.4. The van der Waals surface area contributed by atoms with Crippen LogP contribution >= 0.6 is 0 Å². The third kappa shape index (κ3) is 58.6. The second-order valence-electron chi connectivity index (χ2n) is 19.5. The molecule has 0 radical (unpaired) electrons. The first-order chi connectivity index (χ1) is 36.0. The number of esters is 3. The highest BCUT2D eigenvalue weighted by atomic mass is 16.6. The summed E-state index contributed by atoms with van der Waals surface area (Å²) in [5.74, 6) is -1.03. The molecule has 0 aromatic heterocycles. The Balaban J connectivity index is 4.55. The molecule has 0 aromatic rings. The van der Waals surface area contributed by atoms with Crippen molar-refractivity contribution in [1.82, 2.24) is 0 Å². The number of allylic oxidation sites excluding steroid dienone is 20. The van der Waals surface area contributed by atoms with E-state index in [1.165, 1.54) is 116 Å². The molecule has 0 unspecified atom stereocenters. The van der Waals surface area contributed by atoms with Gasteiger partial charge < -0.3 is 14.2 Å². The average Bonchev–Trinajstić information content (AvgIpc) is 3.39. The molecular weight excluding hydrogens is 901 g/mol. The van der Waals surface area contributed by atoms with Crippen LogP contribution in [0.25, 0.3) is 0 Å². The Morgan fingerprint density at radius 2 is 0.562 bits per heavy atom. The Labute approximate surface area is 450 Å². The van der Waals surface area contributed by atoms with Crippen LogP contribution in [-0.2, 0) is 28.6 Å². The molecule has 414 valence electrons. The van der Waals surface area contributed by atoms with Crippen LogP contribution in [-0.4, -0.2) is 37.2 Å². The Morgan fingerprint density at radius 1 is 0.288 bits per heavy atom. The number of unbranched alkanes of at least 4 members (excludes halogenated alkanes) is 22.